The molecule has 1 aromatic heterocycles. The molecule has 0 aliphatic carbocycles. The maximum absolute atomic E-state index is 14.9. The van der Waals surface area contributed by atoms with Crippen molar-refractivity contribution >= 4 is 16.0 Å². The van der Waals surface area contributed by atoms with Gasteiger partial charge in [-0.2, -0.15) is 4.98 Å². The first-order valence-electron chi connectivity index (χ1n) is 12.6. The van der Waals surface area contributed by atoms with Crippen LogP contribution < -0.4 is 9.64 Å². The Morgan fingerprint density at radius 2 is 1.73 bits per heavy atom. The van der Waals surface area contributed by atoms with E-state index < -0.39 is 45.9 Å². The van der Waals surface area contributed by atoms with E-state index in [1.165, 1.54) is 16.4 Å². The predicted molar refractivity (Wildman–Crippen MR) is 131 cm³/mol. The zero-order valence-corrected chi connectivity index (χ0v) is 21.8. The third kappa shape index (κ3) is 6.57. The summed E-state index contributed by atoms with van der Waals surface area (Å²) in [4.78, 5) is 6.33. The van der Waals surface area contributed by atoms with Gasteiger partial charge in [0.15, 0.2) is 23.2 Å². The fourth-order valence-electron chi connectivity index (χ4n) is 4.72. The minimum absolute atomic E-state index is 0.152. The monoisotopic (exact) mass is 544 g/mol. The second-order valence-corrected chi connectivity index (χ2v) is 12.0. The molecule has 1 aromatic carbocycles. The molecule has 0 radical (unpaired) electrons. The van der Waals surface area contributed by atoms with E-state index in [1.54, 1.807) is 0 Å². The Morgan fingerprint density at radius 1 is 1.11 bits per heavy atom. The lowest BCUT2D eigenvalue weighted by atomic mass is 9.90. The predicted octanol–water partition coefficient (Wildman–Crippen LogP) is 2.38. The van der Waals surface area contributed by atoms with Gasteiger partial charge >= 0.3 is 6.01 Å². The van der Waals surface area contributed by atoms with Gasteiger partial charge < -0.3 is 24.4 Å². The number of nitrogens with zero attached hydrogens (tertiary/aromatic N) is 4. The molecule has 37 heavy (non-hydrogen) atoms. The summed E-state index contributed by atoms with van der Waals surface area (Å²) >= 11 is 0. The Labute approximate surface area is 215 Å². The third-order valence-corrected chi connectivity index (χ3v) is 8.86. The third-order valence-electron chi connectivity index (χ3n) is 6.90. The molecule has 0 bridgehead atoms. The highest BCUT2D eigenvalue weighted by atomic mass is 32.2. The average Bonchev–Trinajstić information content (AvgIpc) is 3.37. The van der Waals surface area contributed by atoms with Gasteiger partial charge in [-0.3, -0.25) is 0 Å². The number of ether oxygens (including phenoxy) is 1. The summed E-state index contributed by atoms with van der Waals surface area (Å²) in [5.41, 5.74) is 0.460. The number of aliphatic hydroxyl groups excluding tert-OH is 2. The quantitative estimate of drug-likeness (QED) is 0.489. The molecule has 4 rings (SSSR count). The van der Waals surface area contributed by atoms with E-state index in [9.17, 15) is 22.3 Å². The summed E-state index contributed by atoms with van der Waals surface area (Å²) in [6, 6.07) is 2.97. The van der Waals surface area contributed by atoms with Gasteiger partial charge in [0.2, 0.25) is 10.0 Å². The highest BCUT2D eigenvalue weighted by Crippen LogP contribution is 2.34. The number of rotatable bonds is 9. The summed E-state index contributed by atoms with van der Waals surface area (Å²) in [7, 11) is -3.73. The molecule has 0 saturated carbocycles. The SMILES string of the molecule is CC(C)c1noc(N2CCC(Oc3c(F)cc(C4CCN(S(=O)(=O)CC(O)CO)CC4)cc3F)CC2)n1. The van der Waals surface area contributed by atoms with Crippen LogP contribution >= 0.6 is 0 Å². The smallest absolute Gasteiger partial charge is 0.324 e. The number of benzene rings is 1. The standard InChI is InChI=1S/C24H34F2N4O6S/c1-15(2)23-27-24(36-28-23)29-7-5-19(6-8-29)35-22-20(25)11-17(12-21(22)26)16-3-9-30(10-4-16)37(33,34)14-18(32)13-31/h11-12,15-16,18-19,31-32H,3-10,13-14H2,1-2H3. The minimum atomic E-state index is -3.73. The highest BCUT2D eigenvalue weighted by Gasteiger charge is 2.32. The number of aromatic nitrogens is 2. The largest absolute Gasteiger partial charge is 0.484 e. The lowest BCUT2D eigenvalue weighted by Gasteiger charge is -2.32. The molecule has 10 nitrogen and oxygen atoms in total. The summed E-state index contributed by atoms with van der Waals surface area (Å²) < 4.78 is 66.9. The van der Waals surface area contributed by atoms with Gasteiger partial charge in [-0.05, 0) is 36.5 Å². The molecule has 2 saturated heterocycles. The van der Waals surface area contributed by atoms with Crippen molar-refractivity contribution in [2.24, 2.45) is 0 Å². The van der Waals surface area contributed by atoms with Gasteiger partial charge in [-0.1, -0.05) is 19.0 Å². The van der Waals surface area contributed by atoms with E-state index in [-0.39, 0.29) is 31.0 Å². The number of piperidine rings is 2. The van der Waals surface area contributed by atoms with E-state index in [0.717, 1.165) is 0 Å². The van der Waals surface area contributed by atoms with Crippen LogP contribution in [0.4, 0.5) is 14.8 Å². The molecule has 2 fully saturated rings. The summed E-state index contributed by atoms with van der Waals surface area (Å²) in [6.07, 6.45) is 0.152. The van der Waals surface area contributed by atoms with Crippen molar-refractivity contribution in [2.75, 3.05) is 43.4 Å². The fourth-order valence-corrected chi connectivity index (χ4v) is 6.29. The van der Waals surface area contributed by atoms with Crippen molar-refractivity contribution in [2.45, 2.75) is 63.6 Å². The molecule has 2 N–H and O–H groups in total. The molecule has 2 aliphatic rings. The topological polar surface area (TPSA) is 129 Å². The first-order valence-corrected chi connectivity index (χ1v) is 14.2. The first kappa shape index (κ1) is 27.7. The fraction of sp³-hybridized carbons (Fsp3) is 0.667. The highest BCUT2D eigenvalue weighted by molar-refractivity contribution is 7.89. The Bertz CT molecular complexity index is 1140. The molecule has 2 aromatic rings. The van der Waals surface area contributed by atoms with Crippen LogP contribution in [0.25, 0.3) is 0 Å². The van der Waals surface area contributed by atoms with Crippen molar-refractivity contribution in [1.82, 2.24) is 14.4 Å². The number of anilines is 1. The molecule has 206 valence electrons. The maximum Gasteiger partial charge on any atom is 0.324 e. The van der Waals surface area contributed by atoms with E-state index in [2.05, 4.69) is 10.1 Å². The summed E-state index contributed by atoms with van der Waals surface area (Å²) in [6.45, 7) is 4.77. The lowest BCUT2D eigenvalue weighted by Crippen LogP contribution is -2.42. The summed E-state index contributed by atoms with van der Waals surface area (Å²) in [5, 5.41) is 22.4. The Hall–Kier alpha value is -2.35. The van der Waals surface area contributed by atoms with Crippen LogP contribution in [0.3, 0.4) is 0 Å². The van der Waals surface area contributed by atoms with Crippen LogP contribution in [-0.2, 0) is 10.0 Å². The number of hydrogen-bond donors (Lipinski definition) is 2. The zero-order valence-electron chi connectivity index (χ0n) is 21.0. The van der Waals surface area contributed by atoms with Gasteiger partial charge in [0.25, 0.3) is 0 Å². The van der Waals surface area contributed by atoms with Crippen molar-refractivity contribution < 1.29 is 36.7 Å². The minimum Gasteiger partial charge on any atom is -0.484 e. The molecule has 2 aliphatic heterocycles. The molecular formula is C24H34F2N4O6S. The van der Waals surface area contributed by atoms with Crippen molar-refractivity contribution in [3.63, 3.8) is 0 Å². The van der Waals surface area contributed by atoms with Crippen LogP contribution in [0.2, 0.25) is 0 Å². The van der Waals surface area contributed by atoms with E-state index >= 15 is 0 Å². The molecule has 1 unspecified atom stereocenters. The molecule has 0 spiro atoms. The van der Waals surface area contributed by atoms with Crippen LogP contribution in [0.5, 0.6) is 5.75 Å². The maximum atomic E-state index is 14.9. The normalized spacial score (nSPS) is 19.5. The Balaban J connectivity index is 1.33. The van der Waals surface area contributed by atoms with Crippen LogP contribution in [0.1, 0.15) is 62.8 Å². The molecule has 1 atom stereocenters. The second-order valence-electron chi connectivity index (χ2n) is 10.00. The molecule has 3 heterocycles. The van der Waals surface area contributed by atoms with Gasteiger partial charge in [-0.15, -0.1) is 0 Å². The number of sulfonamides is 1. The molecule has 0 amide bonds. The van der Waals surface area contributed by atoms with E-state index in [1.807, 2.05) is 18.7 Å². The molecular weight excluding hydrogens is 510 g/mol. The van der Waals surface area contributed by atoms with Crippen LogP contribution in [-0.4, -0.2) is 83.8 Å². The van der Waals surface area contributed by atoms with Crippen LogP contribution in [0, 0.1) is 11.6 Å². The Kier molecular flexibility index (Phi) is 8.66. The molecule has 13 heteroatoms. The van der Waals surface area contributed by atoms with Crippen molar-refractivity contribution in [3.05, 3.63) is 35.2 Å². The van der Waals surface area contributed by atoms with Gasteiger partial charge in [0.1, 0.15) is 6.10 Å². The van der Waals surface area contributed by atoms with Crippen LogP contribution in [0.15, 0.2) is 16.7 Å². The first-order chi connectivity index (χ1) is 17.6. The Morgan fingerprint density at radius 3 is 2.27 bits per heavy atom. The number of aliphatic hydroxyl groups is 2. The zero-order chi connectivity index (χ0) is 26.7. The second kappa shape index (κ2) is 11.6. The number of hydrogen-bond acceptors (Lipinski definition) is 9. The van der Waals surface area contributed by atoms with Crippen molar-refractivity contribution in [1.29, 1.82) is 0 Å². The van der Waals surface area contributed by atoms with E-state index in [4.69, 9.17) is 14.4 Å². The average molecular weight is 545 g/mol. The van der Waals surface area contributed by atoms with Gasteiger partial charge in [-0.25, -0.2) is 21.5 Å². The van der Waals surface area contributed by atoms with Crippen molar-refractivity contribution in [3.8, 4) is 5.75 Å². The van der Waals surface area contributed by atoms with E-state index in [0.29, 0.717) is 56.2 Å². The summed E-state index contributed by atoms with van der Waals surface area (Å²) in [5.74, 6) is -1.95. The number of halogens is 2. The van der Waals surface area contributed by atoms with Gasteiger partial charge in [0, 0.05) is 44.9 Å². The van der Waals surface area contributed by atoms with Gasteiger partial charge in [0.05, 0.1) is 18.5 Å². The lowest BCUT2D eigenvalue weighted by molar-refractivity contribution is 0.111.